The van der Waals surface area contributed by atoms with Gasteiger partial charge >= 0.3 is 0 Å². The van der Waals surface area contributed by atoms with Gasteiger partial charge in [0.25, 0.3) is 0 Å². The minimum Gasteiger partial charge on any atom is -0.385 e. The van der Waals surface area contributed by atoms with Crippen molar-refractivity contribution < 1.29 is 5.11 Å². The number of aryl methyl sites for hydroxylation is 1. The summed E-state index contributed by atoms with van der Waals surface area (Å²) in [6.45, 7) is 3.59. The van der Waals surface area contributed by atoms with E-state index in [0.29, 0.717) is 0 Å². The van der Waals surface area contributed by atoms with Gasteiger partial charge in [0.05, 0.1) is 12.1 Å². The monoisotopic (exact) mass is 269 g/mol. The third kappa shape index (κ3) is 2.72. The Kier molecular flexibility index (Phi) is 3.74. The first-order valence-electron chi connectivity index (χ1n) is 4.48. The molecule has 0 spiro atoms. The number of hydrogen-bond donors (Lipinski definition) is 1. The highest BCUT2D eigenvalue weighted by Gasteiger charge is 2.24. The summed E-state index contributed by atoms with van der Waals surface area (Å²) < 4.78 is 0.850. The van der Waals surface area contributed by atoms with Gasteiger partial charge in [0.15, 0.2) is 0 Å². The van der Waals surface area contributed by atoms with Crippen molar-refractivity contribution in [1.82, 2.24) is 0 Å². The fourth-order valence-corrected chi connectivity index (χ4v) is 2.01. The Morgan fingerprint density at radius 3 is 2.87 bits per heavy atom. The van der Waals surface area contributed by atoms with E-state index in [9.17, 15) is 5.11 Å². The van der Waals surface area contributed by atoms with Crippen LogP contribution in [0.1, 0.15) is 18.1 Å². The summed E-state index contributed by atoms with van der Waals surface area (Å²) >= 11 is 3.41. The minimum atomic E-state index is -1.14. The molecule has 0 heterocycles. The fraction of sp³-hybridized carbons (Fsp3) is 0.400. The molecule has 0 saturated heterocycles. The summed E-state index contributed by atoms with van der Waals surface area (Å²) in [6.07, 6.45) is 0. The van der Waals surface area contributed by atoms with Gasteiger partial charge in [-0.3, -0.25) is 0 Å². The minimum absolute atomic E-state index is 0.0194. The van der Waals surface area contributed by atoms with E-state index in [1.54, 1.807) is 6.92 Å². The van der Waals surface area contributed by atoms with E-state index in [4.69, 9.17) is 5.53 Å². The fourth-order valence-electron chi connectivity index (χ4n) is 1.32. The molecule has 0 saturated carbocycles. The van der Waals surface area contributed by atoms with Crippen LogP contribution in [0.25, 0.3) is 10.4 Å². The Labute approximate surface area is 96.7 Å². The van der Waals surface area contributed by atoms with Crippen LogP contribution < -0.4 is 0 Å². The number of halogens is 1. The highest BCUT2D eigenvalue weighted by atomic mass is 79.9. The summed E-state index contributed by atoms with van der Waals surface area (Å²) in [5, 5.41) is 13.5. The van der Waals surface area contributed by atoms with Gasteiger partial charge in [-0.2, -0.15) is 0 Å². The van der Waals surface area contributed by atoms with E-state index in [0.717, 1.165) is 15.6 Å². The Bertz CT molecular complexity index is 411. The van der Waals surface area contributed by atoms with Gasteiger partial charge in [0.2, 0.25) is 0 Å². The van der Waals surface area contributed by atoms with Gasteiger partial charge in [-0.05, 0) is 30.5 Å². The SMILES string of the molecule is Cc1cccc([C@](C)(O)CN=[N+]=[N-])c1Br. The molecule has 0 aliphatic carbocycles. The summed E-state index contributed by atoms with van der Waals surface area (Å²) in [6, 6.07) is 5.61. The molecule has 4 nitrogen and oxygen atoms in total. The van der Waals surface area contributed by atoms with E-state index in [-0.39, 0.29) is 6.54 Å². The number of benzene rings is 1. The van der Waals surface area contributed by atoms with E-state index < -0.39 is 5.60 Å². The number of hydrogen-bond acceptors (Lipinski definition) is 2. The number of azide groups is 1. The van der Waals surface area contributed by atoms with Gasteiger partial charge in [0.1, 0.15) is 0 Å². The first-order chi connectivity index (χ1) is 6.99. The second-order valence-electron chi connectivity index (χ2n) is 3.60. The zero-order chi connectivity index (χ0) is 11.5. The van der Waals surface area contributed by atoms with Gasteiger partial charge < -0.3 is 5.11 Å². The zero-order valence-electron chi connectivity index (χ0n) is 8.61. The maximum absolute atomic E-state index is 10.1. The van der Waals surface area contributed by atoms with Crippen molar-refractivity contribution in [1.29, 1.82) is 0 Å². The highest BCUT2D eigenvalue weighted by Crippen LogP contribution is 2.30. The number of nitrogens with zero attached hydrogens (tertiary/aromatic N) is 3. The molecule has 1 aromatic carbocycles. The Morgan fingerprint density at radius 2 is 2.27 bits per heavy atom. The molecule has 0 aliphatic heterocycles. The van der Waals surface area contributed by atoms with Crippen LogP contribution in [0.4, 0.5) is 0 Å². The van der Waals surface area contributed by atoms with Crippen LogP contribution >= 0.6 is 15.9 Å². The van der Waals surface area contributed by atoms with Gasteiger partial charge in [-0.1, -0.05) is 39.2 Å². The van der Waals surface area contributed by atoms with Crippen LogP contribution in [-0.4, -0.2) is 11.7 Å². The smallest absolute Gasteiger partial charge is 0.0935 e. The molecule has 1 aromatic rings. The lowest BCUT2D eigenvalue weighted by Gasteiger charge is -2.23. The molecule has 1 atom stereocenters. The van der Waals surface area contributed by atoms with Crippen LogP contribution in [0, 0.1) is 6.92 Å². The molecular weight excluding hydrogens is 258 g/mol. The lowest BCUT2D eigenvalue weighted by Crippen LogP contribution is -2.25. The molecule has 5 heteroatoms. The van der Waals surface area contributed by atoms with Crippen molar-refractivity contribution in [2.75, 3.05) is 6.54 Å². The molecule has 1 rings (SSSR count). The molecule has 1 N–H and O–H groups in total. The molecule has 80 valence electrons. The standard InChI is InChI=1S/C10H12BrN3O/c1-7-4-3-5-8(9(7)11)10(2,15)6-13-14-12/h3-5,15H,6H2,1-2H3/t10-/m1/s1. The molecular formula is C10H12BrN3O. The molecule has 15 heavy (non-hydrogen) atoms. The Balaban J connectivity index is 3.14. The van der Waals surface area contributed by atoms with Crippen molar-refractivity contribution in [3.8, 4) is 0 Å². The first-order valence-corrected chi connectivity index (χ1v) is 5.27. The van der Waals surface area contributed by atoms with Crippen molar-refractivity contribution in [2.24, 2.45) is 5.11 Å². The van der Waals surface area contributed by atoms with Crippen LogP contribution in [0.5, 0.6) is 0 Å². The van der Waals surface area contributed by atoms with Crippen molar-refractivity contribution in [2.45, 2.75) is 19.4 Å². The Hall–Kier alpha value is -1.03. The number of rotatable bonds is 3. The lowest BCUT2D eigenvalue weighted by atomic mass is 9.95. The van der Waals surface area contributed by atoms with E-state index in [1.165, 1.54) is 0 Å². The second kappa shape index (κ2) is 4.66. The Morgan fingerprint density at radius 1 is 1.60 bits per heavy atom. The molecule has 0 aliphatic rings. The number of aliphatic hydroxyl groups is 1. The maximum Gasteiger partial charge on any atom is 0.0935 e. The van der Waals surface area contributed by atoms with E-state index in [2.05, 4.69) is 26.0 Å². The maximum atomic E-state index is 10.1. The average Bonchev–Trinajstić information content (AvgIpc) is 2.19. The average molecular weight is 270 g/mol. The molecule has 0 unspecified atom stereocenters. The van der Waals surface area contributed by atoms with Crippen molar-refractivity contribution in [3.05, 3.63) is 44.2 Å². The second-order valence-corrected chi connectivity index (χ2v) is 4.39. The van der Waals surface area contributed by atoms with Crippen LogP contribution in [0.15, 0.2) is 27.8 Å². The summed E-state index contributed by atoms with van der Waals surface area (Å²) in [5.41, 5.74) is 8.86. The van der Waals surface area contributed by atoms with E-state index >= 15 is 0 Å². The normalized spacial score (nSPS) is 14.1. The summed E-state index contributed by atoms with van der Waals surface area (Å²) in [7, 11) is 0. The molecule has 0 bridgehead atoms. The lowest BCUT2D eigenvalue weighted by molar-refractivity contribution is 0.0661. The predicted molar refractivity (Wildman–Crippen MR) is 62.5 cm³/mol. The largest absolute Gasteiger partial charge is 0.385 e. The summed E-state index contributed by atoms with van der Waals surface area (Å²) in [5.74, 6) is 0. The first kappa shape index (κ1) is 12.0. The van der Waals surface area contributed by atoms with Gasteiger partial charge in [0, 0.05) is 9.38 Å². The van der Waals surface area contributed by atoms with Crippen LogP contribution in [0.2, 0.25) is 0 Å². The zero-order valence-corrected chi connectivity index (χ0v) is 10.2. The quantitative estimate of drug-likeness (QED) is 0.511. The van der Waals surface area contributed by atoms with Crippen molar-refractivity contribution in [3.63, 3.8) is 0 Å². The highest BCUT2D eigenvalue weighted by molar-refractivity contribution is 9.10. The van der Waals surface area contributed by atoms with Crippen LogP contribution in [-0.2, 0) is 5.60 Å². The molecule has 0 fully saturated rings. The summed E-state index contributed by atoms with van der Waals surface area (Å²) in [4.78, 5) is 2.65. The molecule has 0 aromatic heterocycles. The third-order valence-electron chi connectivity index (χ3n) is 2.21. The topological polar surface area (TPSA) is 69.0 Å². The third-order valence-corrected chi connectivity index (χ3v) is 3.27. The molecule has 0 radical (unpaired) electrons. The van der Waals surface area contributed by atoms with Crippen molar-refractivity contribution >= 4 is 15.9 Å². The van der Waals surface area contributed by atoms with E-state index in [1.807, 2.05) is 25.1 Å². The van der Waals surface area contributed by atoms with Gasteiger partial charge in [-0.25, -0.2) is 0 Å². The van der Waals surface area contributed by atoms with Crippen LogP contribution in [0.3, 0.4) is 0 Å². The van der Waals surface area contributed by atoms with Gasteiger partial charge in [-0.15, -0.1) is 0 Å². The predicted octanol–water partition coefficient (Wildman–Crippen LogP) is 3.28. The molecule has 0 amide bonds.